The number of carbonyl (C=O) groups is 1. The van der Waals surface area contributed by atoms with Gasteiger partial charge in [0.15, 0.2) is 41.2 Å². The molecule has 7 rings (SSSR count). The molecular formula is C42H46O24. The Labute approximate surface area is 370 Å². The first kappa shape index (κ1) is 48.1. The molecule has 4 heterocycles. The van der Waals surface area contributed by atoms with Crippen molar-refractivity contribution in [2.75, 3.05) is 13.2 Å². The van der Waals surface area contributed by atoms with E-state index in [2.05, 4.69) is 0 Å². The lowest BCUT2D eigenvalue weighted by molar-refractivity contribution is -0.354. The van der Waals surface area contributed by atoms with Crippen molar-refractivity contribution in [3.05, 3.63) is 70.4 Å². The summed E-state index contributed by atoms with van der Waals surface area (Å²) in [5, 5.41) is 146. The molecule has 24 heteroatoms. The smallest absolute Gasteiger partial charge is 0.330 e. The van der Waals surface area contributed by atoms with E-state index < -0.39 is 174 Å². The van der Waals surface area contributed by atoms with Crippen molar-refractivity contribution in [1.29, 1.82) is 0 Å². The van der Waals surface area contributed by atoms with E-state index in [1.807, 2.05) is 0 Å². The van der Waals surface area contributed by atoms with Crippen LogP contribution >= 0.6 is 0 Å². The van der Waals surface area contributed by atoms with Crippen molar-refractivity contribution in [3.63, 3.8) is 0 Å². The van der Waals surface area contributed by atoms with Crippen LogP contribution in [0.1, 0.15) is 12.5 Å². The molecule has 3 aromatic carbocycles. The fourth-order valence-corrected chi connectivity index (χ4v) is 7.30. The zero-order valence-corrected chi connectivity index (χ0v) is 34.2. The maximum absolute atomic E-state index is 14.9. The molecule has 3 fully saturated rings. The Balaban J connectivity index is 1.30. The molecule has 15 atom stereocenters. The number of aromatic hydroxyl groups is 5. The van der Waals surface area contributed by atoms with Gasteiger partial charge in [-0.15, -0.1) is 0 Å². The highest BCUT2D eigenvalue weighted by Crippen LogP contribution is 2.41. The predicted molar refractivity (Wildman–Crippen MR) is 216 cm³/mol. The molecule has 0 spiro atoms. The van der Waals surface area contributed by atoms with Crippen LogP contribution in [0, 0.1) is 0 Å². The van der Waals surface area contributed by atoms with Gasteiger partial charge >= 0.3 is 5.97 Å². The van der Waals surface area contributed by atoms with Gasteiger partial charge in [0.05, 0.1) is 12.7 Å². The van der Waals surface area contributed by atoms with E-state index >= 15 is 0 Å². The monoisotopic (exact) mass is 934 g/mol. The molecule has 15 unspecified atom stereocenters. The minimum atomic E-state index is -2.14. The van der Waals surface area contributed by atoms with Crippen LogP contribution in [0.3, 0.4) is 0 Å². The van der Waals surface area contributed by atoms with Crippen LogP contribution in [0.25, 0.3) is 28.4 Å². The standard InChI is InChI=1S/C42H46O24/c1-14-28(50)32(54)35(57)40(60-14)66-39-34(56)30(52)25(13-59-26(49)7-3-15-2-5-18(45)20(47)8-15)64-42(39)65-38-31(53)27-22(61-37(38)16-4-6-19(46)21(48)9-16)10-17(44)11-23(27)62-41-36(58)33(55)29(51)24(12-43)63-41/h2-11,14,24-25,28-30,32-36,39-48,50-52,54-58H,12-13H2,1H3. The number of phenols is 5. The molecule has 0 bridgehead atoms. The van der Waals surface area contributed by atoms with Crippen molar-refractivity contribution in [3.8, 4) is 51.6 Å². The lowest BCUT2D eigenvalue weighted by Crippen LogP contribution is -2.64. The Morgan fingerprint density at radius 3 is 1.98 bits per heavy atom. The van der Waals surface area contributed by atoms with E-state index in [1.165, 1.54) is 19.1 Å². The Bertz CT molecular complexity index is 2470. The van der Waals surface area contributed by atoms with E-state index in [-0.39, 0.29) is 11.1 Å². The second kappa shape index (κ2) is 19.6. The first-order chi connectivity index (χ1) is 31.3. The van der Waals surface area contributed by atoms with Gasteiger partial charge in [-0.1, -0.05) is 6.07 Å². The number of aliphatic hydroxyl groups is 9. The number of hydrogen-bond donors (Lipinski definition) is 14. The minimum absolute atomic E-state index is 0.191. The average molecular weight is 935 g/mol. The van der Waals surface area contributed by atoms with Crippen LogP contribution in [0.5, 0.6) is 40.2 Å². The van der Waals surface area contributed by atoms with Gasteiger partial charge in [0.25, 0.3) is 0 Å². The fourth-order valence-electron chi connectivity index (χ4n) is 7.30. The topological polar surface area (TPSA) is 395 Å². The minimum Gasteiger partial charge on any atom is -0.508 e. The molecule has 0 saturated carbocycles. The van der Waals surface area contributed by atoms with E-state index in [0.29, 0.717) is 0 Å². The van der Waals surface area contributed by atoms with Crippen LogP contribution in [0.2, 0.25) is 0 Å². The van der Waals surface area contributed by atoms with Crippen LogP contribution in [0.4, 0.5) is 0 Å². The van der Waals surface area contributed by atoms with Crippen LogP contribution < -0.4 is 14.9 Å². The van der Waals surface area contributed by atoms with Crippen molar-refractivity contribution in [1.82, 2.24) is 0 Å². The van der Waals surface area contributed by atoms with E-state index in [4.69, 9.17) is 37.6 Å². The fraction of sp³-hybridized carbons (Fsp3) is 0.429. The molecule has 3 saturated heterocycles. The molecule has 4 aromatic rings. The number of hydrogen-bond acceptors (Lipinski definition) is 24. The maximum atomic E-state index is 14.9. The van der Waals surface area contributed by atoms with Crippen molar-refractivity contribution in [2.45, 2.75) is 99.0 Å². The maximum Gasteiger partial charge on any atom is 0.330 e. The molecular weight excluding hydrogens is 888 g/mol. The highest BCUT2D eigenvalue weighted by atomic mass is 16.8. The summed E-state index contributed by atoms with van der Waals surface area (Å²) < 4.78 is 46.0. The summed E-state index contributed by atoms with van der Waals surface area (Å²) in [6, 6.07) is 8.58. The van der Waals surface area contributed by atoms with Gasteiger partial charge in [-0.2, -0.15) is 0 Å². The average Bonchev–Trinajstić information content (AvgIpc) is 3.28. The predicted octanol–water partition coefficient (Wildman–Crippen LogP) is -2.54. The molecule has 14 N–H and O–H groups in total. The van der Waals surface area contributed by atoms with Crippen LogP contribution in [-0.2, 0) is 28.5 Å². The molecule has 3 aliphatic rings. The van der Waals surface area contributed by atoms with Crippen molar-refractivity contribution < 1.29 is 114 Å². The summed E-state index contributed by atoms with van der Waals surface area (Å²) in [5.74, 6) is -5.96. The number of benzene rings is 3. The molecule has 3 aliphatic heterocycles. The number of phenolic OH excluding ortho intramolecular Hbond substituents is 5. The number of ether oxygens (including phenoxy) is 7. The third kappa shape index (κ3) is 9.67. The summed E-state index contributed by atoms with van der Waals surface area (Å²) in [6.07, 6.45) is -25.6. The number of carbonyl (C=O) groups excluding carboxylic acids is 1. The second-order valence-electron chi connectivity index (χ2n) is 15.6. The Hall–Kier alpha value is -5.84. The lowest BCUT2D eigenvalue weighted by Gasteiger charge is -2.45. The first-order valence-electron chi connectivity index (χ1n) is 20.0. The Kier molecular flexibility index (Phi) is 14.3. The van der Waals surface area contributed by atoms with E-state index in [0.717, 1.165) is 48.5 Å². The largest absolute Gasteiger partial charge is 0.508 e. The Morgan fingerprint density at radius 2 is 1.30 bits per heavy atom. The van der Waals surface area contributed by atoms with Gasteiger partial charge in [-0.05, 0) is 48.9 Å². The number of esters is 1. The molecule has 1 aromatic heterocycles. The van der Waals surface area contributed by atoms with Gasteiger partial charge < -0.3 is 109 Å². The molecule has 358 valence electrons. The third-order valence-electron chi connectivity index (χ3n) is 11.0. The summed E-state index contributed by atoms with van der Waals surface area (Å²) in [4.78, 5) is 27.6. The highest BCUT2D eigenvalue weighted by Gasteiger charge is 2.52. The zero-order chi connectivity index (χ0) is 47.9. The van der Waals surface area contributed by atoms with E-state index in [1.54, 1.807) is 0 Å². The molecule has 66 heavy (non-hydrogen) atoms. The molecule has 0 aliphatic carbocycles. The van der Waals surface area contributed by atoms with Gasteiger partial charge in [-0.3, -0.25) is 4.79 Å². The normalized spacial score (nSPS) is 32.6. The third-order valence-corrected chi connectivity index (χ3v) is 11.0. The van der Waals surface area contributed by atoms with Crippen molar-refractivity contribution in [2.24, 2.45) is 0 Å². The number of aliphatic hydroxyl groups excluding tert-OH is 9. The number of fused-ring (bicyclic) bond motifs is 1. The van der Waals surface area contributed by atoms with Gasteiger partial charge in [0, 0.05) is 23.8 Å². The van der Waals surface area contributed by atoms with Crippen LogP contribution in [-0.4, -0.2) is 183 Å². The molecule has 24 nitrogen and oxygen atoms in total. The van der Waals surface area contributed by atoms with Gasteiger partial charge in [-0.25, -0.2) is 4.79 Å². The summed E-state index contributed by atoms with van der Waals surface area (Å²) in [7, 11) is 0. The lowest BCUT2D eigenvalue weighted by atomic mass is 9.97. The number of rotatable bonds is 12. The van der Waals surface area contributed by atoms with Gasteiger partial charge in [0.1, 0.15) is 90.1 Å². The molecule has 0 amide bonds. The zero-order valence-electron chi connectivity index (χ0n) is 34.2. The Morgan fingerprint density at radius 1 is 0.667 bits per heavy atom. The summed E-state index contributed by atoms with van der Waals surface area (Å²) >= 11 is 0. The second-order valence-corrected chi connectivity index (χ2v) is 15.6. The van der Waals surface area contributed by atoms with E-state index in [9.17, 15) is 81.1 Å². The van der Waals surface area contributed by atoms with Crippen LogP contribution in [0.15, 0.2) is 63.8 Å². The first-order valence-corrected chi connectivity index (χ1v) is 20.0. The SMILES string of the molecule is CC1OC(OC2C(Oc3c(-c4ccc(O)c(O)c4)oc4cc(O)cc(OC5OC(CO)C(O)C(O)C5O)c4c3=O)OC(COC(=O)C=Cc3ccc(O)c(O)c3)C(O)C2O)C(O)C(O)C1O. The van der Waals surface area contributed by atoms with Gasteiger partial charge in [0.2, 0.25) is 23.8 Å². The van der Waals surface area contributed by atoms with Crippen molar-refractivity contribution >= 4 is 23.0 Å². The summed E-state index contributed by atoms with van der Waals surface area (Å²) in [6.45, 7) is -0.374. The summed E-state index contributed by atoms with van der Waals surface area (Å²) in [5.41, 5.74) is -1.61. The quantitative estimate of drug-likeness (QED) is 0.0395. The molecule has 0 radical (unpaired) electrons. The highest BCUT2D eigenvalue weighted by molar-refractivity contribution is 5.89.